The molecule has 21 heavy (non-hydrogen) atoms. The monoisotopic (exact) mass is 291 g/mol. The minimum absolute atomic E-state index is 0.115. The van der Waals surface area contributed by atoms with E-state index in [0.29, 0.717) is 26.1 Å². The van der Waals surface area contributed by atoms with Crippen LogP contribution in [0.2, 0.25) is 0 Å². The van der Waals surface area contributed by atoms with E-state index in [1.54, 1.807) is 0 Å². The normalized spacial score (nSPS) is 25.3. The Kier molecular flexibility index (Phi) is 5.62. The molecule has 1 heterocycles. The molecular weight excluding hydrogens is 266 g/mol. The molecule has 0 spiro atoms. The topological polar surface area (TPSA) is 47.6 Å². The van der Waals surface area contributed by atoms with Gasteiger partial charge in [-0.2, -0.15) is 0 Å². The number of esters is 1. The number of hydrogen-bond donors (Lipinski definition) is 1. The third kappa shape index (κ3) is 3.97. The standard InChI is InChI=1S/C17H25NO3/c1-3-8-15-13-17(11-12-21-15,16(19)20-4-2)18-14-9-6-5-7-10-14/h5-7,9-10,15,18H,3-4,8,11-13H2,1-2H3. The predicted octanol–water partition coefficient (Wildman–Crippen LogP) is 3.38. The van der Waals surface area contributed by atoms with Crippen molar-refractivity contribution in [3.05, 3.63) is 30.3 Å². The maximum Gasteiger partial charge on any atom is 0.331 e. The molecule has 0 saturated carbocycles. The van der Waals surface area contributed by atoms with Gasteiger partial charge in [0.25, 0.3) is 0 Å². The van der Waals surface area contributed by atoms with Crippen LogP contribution in [-0.2, 0) is 14.3 Å². The van der Waals surface area contributed by atoms with E-state index in [1.807, 2.05) is 37.3 Å². The summed E-state index contributed by atoms with van der Waals surface area (Å²) >= 11 is 0. The van der Waals surface area contributed by atoms with Gasteiger partial charge in [-0.15, -0.1) is 0 Å². The number of carbonyl (C=O) groups is 1. The zero-order valence-corrected chi connectivity index (χ0v) is 12.9. The van der Waals surface area contributed by atoms with Gasteiger partial charge in [0.2, 0.25) is 0 Å². The number of nitrogens with one attached hydrogen (secondary N) is 1. The molecule has 1 aromatic carbocycles. The first kappa shape index (κ1) is 15.8. The van der Waals surface area contributed by atoms with Crippen molar-refractivity contribution in [2.45, 2.75) is 51.2 Å². The summed E-state index contributed by atoms with van der Waals surface area (Å²) in [4.78, 5) is 12.5. The van der Waals surface area contributed by atoms with Crippen LogP contribution < -0.4 is 5.32 Å². The molecule has 1 aromatic rings. The molecule has 0 bridgehead atoms. The van der Waals surface area contributed by atoms with Gasteiger partial charge in [-0.3, -0.25) is 0 Å². The van der Waals surface area contributed by atoms with Crippen LogP contribution in [0.25, 0.3) is 0 Å². The molecule has 0 amide bonds. The lowest BCUT2D eigenvalue weighted by Crippen LogP contribution is -2.53. The van der Waals surface area contributed by atoms with Crippen LogP contribution in [-0.4, -0.2) is 30.8 Å². The fraction of sp³-hybridized carbons (Fsp3) is 0.588. The Bertz CT molecular complexity index is 447. The summed E-state index contributed by atoms with van der Waals surface area (Å²) in [6, 6.07) is 9.84. The van der Waals surface area contributed by atoms with E-state index in [1.165, 1.54) is 0 Å². The summed E-state index contributed by atoms with van der Waals surface area (Å²) in [5.74, 6) is -0.168. The summed E-state index contributed by atoms with van der Waals surface area (Å²) in [6.45, 7) is 4.96. The molecule has 1 aliphatic heterocycles. The van der Waals surface area contributed by atoms with Gasteiger partial charge in [0.1, 0.15) is 5.54 Å². The molecule has 0 aromatic heterocycles. The summed E-state index contributed by atoms with van der Waals surface area (Å²) < 4.78 is 11.1. The molecule has 2 rings (SSSR count). The van der Waals surface area contributed by atoms with E-state index in [0.717, 1.165) is 18.5 Å². The first-order chi connectivity index (χ1) is 10.2. The highest BCUT2D eigenvalue weighted by molar-refractivity contribution is 5.84. The lowest BCUT2D eigenvalue weighted by Gasteiger charge is -2.40. The van der Waals surface area contributed by atoms with Crippen molar-refractivity contribution < 1.29 is 14.3 Å². The number of hydrogen-bond acceptors (Lipinski definition) is 4. The van der Waals surface area contributed by atoms with Crippen molar-refractivity contribution >= 4 is 11.7 Å². The van der Waals surface area contributed by atoms with Crippen molar-refractivity contribution in [1.29, 1.82) is 0 Å². The van der Waals surface area contributed by atoms with E-state index >= 15 is 0 Å². The van der Waals surface area contributed by atoms with Gasteiger partial charge in [-0.05, 0) is 25.5 Å². The maximum absolute atomic E-state index is 12.5. The minimum Gasteiger partial charge on any atom is -0.464 e. The molecule has 1 fully saturated rings. The predicted molar refractivity (Wildman–Crippen MR) is 83.3 cm³/mol. The molecule has 1 N–H and O–H groups in total. The molecule has 2 atom stereocenters. The van der Waals surface area contributed by atoms with Gasteiger partial charge < -0.3 is 14.8 Å². The Labute approximate surface area is 126 Å². The lowest BCUT2D eigenvalue weighted by atomic mass is 9.85. The highest BCUT2D eigenvalue weighted by Gasteiger charge is 2.44. The summed E-state index contributed by atoms with van der Waals surface area (Å²) in [5, 5.41) is 3.41. The zero-order chi connectivity index (χ0) is 15.1. The Morgan fingerprint density at radius 2 is 2.14 bits per heavy atom. The van der Waals surface area contributed by atoms with E-state index < -0.39 is 5.54 Å². The van der Waals surface area contributed by atoms with Gasteiger partial charge in [-0.1, -0.05) is 31.5 Å². The fourth-order valence-corrected chi connectivity index (χ4v) is 2.87. The number of rotatable bonds is 6. The Balaban J connectivity index is 2.19. The van der Waals surface area contributed by atoms with E-state index in [2.05, 4.69) is 12.2 Å². The summed E-state index contributed by atoms with van der Waals surface area (Å²) in [7, 11) is 0. The van der Waals surface area contributed by atoms with Gasteiger partial charge in [0.15, 0.2) is 0 Å². The number of ether oxygens (including phenoxy) is 2. The summed E-state index contributed by atoms with van der Waals surface area (Å²) in [5.41, 5.74) is 0.276. The third-order valence-corrected chi connectivity index (χ3v) is 3.89. The van der Waals surface area contributed by atoms with Gasteiger partial charge in [0, 0.05) is 25.1 Å². The lowest BCUT2D eigenvalue weighted by molar-refractivity contribution is -0.154. The second-order valence-corrected chi connectivity index (χ2v) is 5.53. The van der Waals surface area contributed by atoms with E-state index in [4.69, 9.17) is 9.47 Å². The first-order valence-corrected chi connectivity index (χ1v) is 7.82. The highest BCUT2D eigenvalue weighted by atomic mass is 16.5. The number of benzene rings is 1. The average molecular weight is 291 g/mol. The highest BCUT2D eigenvalue weighted by Crippen LogP contribution is 2.32. The van der Waals surface area contributed by atoms with Crippen LogP contribution in [0.1, 0.15) is 39.5 Å². The Morgan fingerprint density at radius 1 is 1.38 bits per heavy atom. The van der Waals surface area contributed by atoms with Crippen molar-refractivity contribution in [1.82, 2.24) is 0 Å². The van der Waals surface area contributed by atoms with Crippen molar-refractivity contribution in [2.24, 2.45) is 0 Å². The van der Waals surface area contributed by atoms with Crippen molar-refractivity contribution in [2.75, 3.05) is 18.5 Å². The number of para-hydroxylation sites is 1. The van der Waals surface area contributed by atoms with E-state index in [9.17, 15) is 4.79 Å². The van der Waals surface area contributed by atoms with Crippen molar-refractivity contribution in [3.8, 4) is 0 Å². The Hall–Kier alpha value is -1.55. The van der Waals surface area contributed by atoms with Crippen LogP contribution >= 0.6 is 0 Å². The van der Waals surface area contributed by atoms with E-state index in [-0.39, 0.29) is 12.1 Å². The third-order valence-electron chi connectivity index (χ3n) is 3.89. The number of carbonyl (C=O) groups excluding carboxylic acids is 1. The van der Waals surface area contributed by atoms with Gasteiger partial charge in [0.05, 0.1) is 12.7 Å². The molecular formula is C17H25NO3. The molecule has 4 heteroatoms. The second kappa shape index (κ2) is 7.46. The van der Waals surface area contributed by atoms with Crippen LogP contribution in [0.5, 0.6) is 0 Å². The quantitative estimate of drug-likeness (QED) is 0.816. The molecule has 4 nitrogen and oxygen atoms in total. The van der Waals surface area contributed by atoms with Crippen LogP contribution in [0.3, 0.4) is 0 Å². The maximum atomic E-state index is 12.5. The molecule has 0 aliphatic carbocycles. The van der Waals surface area contributed by atoms with Crippen molar-refractivity contribution in [3.63, 3.8) is 0 Å². The fourth-order valence-electron chi connectivity index (χ4n) is 2.87. The first-order valence-electron chi connectivity index (χ1n) is 7.82. The molecule has 116 valence electrons. The second-order valence-electron chi connectivity index (χ2n) is 5.53. The number of anilines is 1. The van der Waals surface area contributed by atoms with Gasteiger partial charge >= 0.3 is 5.97 Å². The zero-order valence-electron chi connectivity index (χ0n) is 12.9. The smallest absolute Gasteiger partial charge is 0.331 e. The van der Waals surface area contributed by atoms with Crippen LogP contribution in [0.4, 0.5) is 5.69 Å². The molecule has 0 radical (unpaired) electrons. The molecule has 1 aliphatic rings. The van der Waals surface area contributed by atoms with Crippen LogP contribution in [0, 0.1) is 0 Å². The Morgan fingerprint density at radius 3 is 2.81 bits per heavy atom. The molecule has 1 saturated heterocycles. The average Bonchev–Trinajstić information content (AvgIpc) is 2.49. The largest absolute Gasteiger partial charge is 0.464 e. The minimum atomic E-state index is -0.671. The summed E-state index contributed by atoms with van der Waals surface area (Å²) in [6.07, 6.45) is 3.44. The van der Waals surface area contributed by atoms with Gasteiger partial charge in [-0.25, -0.2) is 4.79 Å². The SMILES string of the molecule is CCCC1CC(Nc2ccccc2)(C(=O)OCC)CCO1. The molecule has 2 unspecified atom stereocenters. The van der Waals surface area contributed by atoms with Crippen LogP contribution in [0.15, 0.2) is 30.3 Å².